The van der Waals surface area contributed by atoms with Gasteiger partial charge >= 0.3 is 5.69 Å². The van der Waals surface area contributed by atoms with Crippen LogP contribution in [-0.4, -0.2) is 17.1 Å². The Morgan fingerprint density at radius 3 is 2.81 bits per heavy atom. The number of H-pyrrole nitrogens is 2. The highest BCUT2D eigenvalue weighted by molar-refractivity contribution is 5.94. The number of hydrogen-bond acceptors (Lipinski definition) is 3. The third-order valence-corrected chi connectivity index (χ3v) is 3.54. The lowest BCUT2D eigenvalue weighted by Crippen LogP contribution is -1.99. The van der Waals surface area contributed by atoms with E-state index in [-0.39, 0.29) is 5.69 Å². The number of hydrogen-bond donors (Lipinski definition) is 2. The molecule has 2 N–H and O–H groups in total. The molecule has 104 valence electrons. The molecule has 0 saturated carbocycles. The number of aromatic nitrogens is 2. The minimum Gasteiger partial charge on any atom is -0.493 e. The average Bonchev–Trinajstić information content (AvgIpc) is 3.08. The molecular formula is C16H12N2O3. The molecule has 21 heavy (non-hydrogen) atoms. The first-order valence-electron chi connectivity index (χ1n) is 6.54. The van der Waals surface area contributed by atoms with Gasteiger partial charge < -0.3 is 19.1 Å². The van der Waals surface area contributed by atoms with E-state index in [0.717, 1.165) is 22.0 Å². The van der Waals surface area contributed by atoms with E-state index in [0.29, 0.717) is 17.1 Å². The van der Waals surface area contributed by atoms with Crippen LogP contribution in [0.15, 0.2) is 51.7 Å². The molecule has 5 heteroatoms. The van der Waals surface area contributed by atoms with Gasteiger partial charge in [-0.1, -0.05) is 18.2 Å². The fourth-order valence-electron chi connectivity index (χ4n) is 2.59. The molecule has 0 aliphatic rings. The molecule has 0 aliphatic carbocycles. The van der Waals surface area contributed by atoms with Crippen molar-refractivity contribution in [2.75, 3.05) is 7.11 Å². The number of furan rings is 1. The van der Waals surface area contributed by atoms with Crippen molar-refractivity contribution in [3.63, 3.8) is 0 Å². The van der Waals surface area contributed by atoms with Crippen LogP contribution in [0, 0.1) is 0 Å². The van der Waals surface area contributed by atoms with Crippen molar-refractivity contribution in [2.45, 2.75) is 0 Å². The van der Waals surface area contributed by atoms with Crippen molar-refractivity contribution in [1.29, 1.82) is 0 Å². The minimum atomic E-state index is -0.230. The number of aromatic amines is 2. The lowest BCUT2D eigenvalue weighted by atomic mass is 10.1. The maximum absolute atomic E-state index is 11.5. The number of fused-ring (bicyclic) bond motifs is 2. The van der Waals surface area contributed by atoms with Crippen LogP contribution in [0.2, 0.25) is 0 Å². The van der Waals surface area contributed by atoms with Crippen LogP contribution >= 0.6 is 0 Å². The molecule has 5 nitrogen and oxygen atoms in total. The number of imidazole rings is 1. The number of rotatable bonds is 2. The molecule has 0 atom stereocenters. The second kappa shape index (κ2) is 4.28. The van der Waals surface area contributed by atoms with E-state index in [1.165, 1.54) is 0 Å². The topological polar surface area (TPSA) is 71.0 Å². The van der Waals surface area contributed by atoms with Gasteiger partial charge in [0.1, 0.15) is 5.76 Å². The average molecular weight is 280 g/mol. The molecular weight excluding hydrogens is 268 g/mol. The van der Waals surface area contributed by atoms with Gasteiger partial charge in [-0.3, -0.25) is 0 Å². The first-order chi connectivity index (χ1) is 10.3. The number of benzene rings is 2. The predicted molar refractivity (Wildman–Crippen MR) is 80.7 cm³/mol. The smallest absolute Gasteiger partial charge is 0.323 e. The van der Waals surface area contributed by atoms with Gasteiger partial charge in [-0.15, -0.1) is 0 Å². The molecule has 2 aromatic carbocycles. The van der Waals surface area contributed by atoms with Gasteiger partial charge in [0.05, 0.1) is 18.1 Å². The number of ether oxygens (including phenoxy) is 1. The van der Waals surface area contributed by atoms with Crippen LogP contribution in [-0.2, 0) is 0 Å². The van der Waals surface area contributed by atoms with E-state index in [2.05, 4.69) is 9.97 Å². The molecule has 0 bridgehead atoms. The molecule has 0 fully saturated rings. The van der Waals surface area contributed by atoms with Crippen molar-refractivity contribution in [3.05, 3.63) is 52.9 Å². The maximum Gasteiger partial charge on any atom is 0.323 e. The summed E-state index contributed by atoms with van der Waals surface area (Å²) in [5.41, 5.74) is 2.80. The van der Waals surface area contributed by atoms with Crippen molar-refractivity contribution < 1.29 is 9.15 Å². The van der Waals surface area contributed by atoms with Crippen molar-refractivity contribution in [2.24, 2.45) is 0 Å². The third-order valence-electron chi connectivity index (χ3n) is 3.54. The lowest BCUT2D eigenvalue weighted by molar-refractivity contribution is 0.411. The van der Waals surface area contributed by atoms with Crippen LogP contribution in [0.3, 0.4) is 0 Å². The van der Waals surface area contributed by atoms with Crippen LogP contribution in [0.5, 0.6) is 5.75 Å². The normalized spacial score (nSPS) is 11.3. The van der Waals surface area contributed by atoms with E-state index >= 15 is 0 Å². The van der Waals surface area contributed by atoms with Crippen LogP contribution in [0.25, 0.3) is 33.3 Å². The zero-order valence-electron chi connectivity index (χ0n) is 11.3. The summed E-state index contributed by atoms with van der Waals surface area (Å²) in [4.78, 5) is 17.0. The summed E-state index contributed by atoms with van der Waals surface area (Å²) in [6, 6.07) is 13.3. The Morgan fingerprint density at radius 2 is 1.95 bits per heavy atom. The standard InChI is InChI=1S/C16H12N2O3/c1-20-12-7-2-4-9-8-13(21-15(9)12)10-5-3-6-11-14(10)18-16(19)17-11/h2-8H,1H3,(H2,17,18,19). The number of methoxy groups -OCH3 is 1. The van der Waals surface area contributed by atoms with Crippen LogP contribution < -0.4 is 10.4 Å². The summed E-state index contributed by atoms with van der Waals surface area (Å²) < 4.78 is 11.2. The molecule has 4 rings (SSSR count). The first kappa shape index (κ1) is 11.8. The summed E-state index contributed by atoms with van der Waals surface area (Å²) in [6.07, 6.45) is 0. The van der Waals surface area contributed by atoms with E-state index in [4.69, 9.17) is 9.15 Å². The number of para-hydroxylation sites is 2. The predicted octanol–water partition coefficient (Wildman–Crippen LogP) is 3.28. The molecule has 2 heterocycles. The van der Waals surface area contributed by atoms with E-state index < -0.39 is 0 Å². The molecule has 0 saturated heterocycles. The molecule has 0 amide bonds. The van der Waals surface area contributed by atoms with Crippen molar-refractivity contribution in [1.82, 2.24) is 9.97 Å². The van der Waals surface area contributed by atoms with E-state index in [1.54, 1.807) is 7.11 Å². The van der Waals surface area contributed by atoms with Gasteiger partial charge in [0.2, 0.25) is 0 Å². The fraction of sp³-hybridized carbons (Fsp3) is 0.0625. The first-order valence-corrected chi connectivity index (χ1v) is 6.54. The lowest BCUT2D eigenvalue weighted by Gasteiger charge is -2.00. The summed E-state index contributed by atoms with van der Waals surface area (Å²) >= 11 is 0. The number of nitrogens with one attached hydrogen (secondary N) is 2. The zero-order valence-corrected chi connectivity index (χ0v) is 11.3. The highest BCUT2D eigenvalue weighted by Gasteiger charge is 2.13. The Hall–Kier alpha value is -2.95. The van der Waals surface area contributed by atoms with Gasteiger partial charge in [0.15, 0.2) is 11.3 Å². The zero-order chi connectivity index (χ0) is 14.4. The van der Waals surface area contributed by atoms with Crippen LogP contribution in [0.4, 0.5) is 0 Å². The molecule has 0 aliphatic heterocycles. The van der Waals surface area contributed by atoms with Crippen molar-refractivity contribution in [3.8, 4) is 17.1 Å². The van der Waals surface area contributed by atoms with Gasteiger partial charge in [-0.2, -0.15) is 0 Å². The molecule has 4 aromatic rings. The Balaban J connectivity index is 2.02. The highest BCUT2D eigenvalue weighted by atomic mass is 16.5. The van der Waals surface area contributed by atoms with E-state index in [1.807, 2.05) is 42.5 Å². The quantitative estimate of drug-likeness (QED) is 0.592. The van der Waals surface area contributed by atoms with Gasteiger partial charge in [0, 0.05) is 10.9 Å². The molecule has 0 radical (unpaired) electrons. The second-order valence-corrected chi connectivity index (χ2v) is 4.80. The Labute approximate surface area is 119 Å². The second-order valence-electron chi connectivity index (χ2n) is 4.80. The monoisotopic (exact) mass is 280 g/mol. The fourth-order valence-corrected chi connectivity index (χ4v) is 2.59. The Bertz CT molecular complexity index is 1010. The molecule has 0 unspecified atom stereocenters. The Morgan fingerprint density at radius 1 is 1.10 bits per heavy atom. The van der Waals surface area contributed by atoms with Gasteiger partial charge in [-0.05, 0) is 24.3 Å². The SMILES string of the molecule is COc1cccc2cc(-c3cccc4[nH]c(=O)[nH]c34)oc12. The van der Waals surface area contributed by atoms with Crippen molar-refractivity contribution >= 4 is 22.0 Å². The summed E-state index contributed by atoms with van der Waals surface area (Å²) in [6.45, 7) is 0. The summed E-state index contributed by atoms with van der Waals surface area (Å²) in [5.74, 6) is 1.38. The van der Waals surface area contributed by atoms with Gasteiger partial charge in [-0.25, -0.2) is 4.79 Å². The maximum atomic E-state index is 11.5. The van der Waals surface area contributed by atoms with Crippen LogP contribution in [0.1, 0.15) is 0 Å². The Kier molecular flexibility index (Phi) is 2.41. The van der Waals surface area contributed by atoms with Gasteiger partial charge in [0.25, 0.3) is 0 Å². The molecule has 2 aromatic heterocycles. The highest BCUT2D eigenvalue weighted by Crippen LogP contribution is 2.35. The van der Waals surface area contributed by atoms with E-state index in [9.17, 15) is 4.79 Å². The molecule has 0 spiro atoms. The summed E-state index contributed by atoms with van der Waals surface area (Å²) in [7, 11) is 1.61. The third kappa shape index (κ3) is 1.74. The largest absolute Gasteiger partial charge is 0.493 e. The minimum absolute atomic E-state index is 0.230. The summed E-state index contributed by atoms with van der Waals surface area (Å²) in [5, 5.41) is 0.958.